The largest absolute Gasteiger partial charge is 0.632 e. The molecule has 6 nitrogen and oxygen atoms in total. The highest BCUT2D eigenvalue weighted by atomic mass is 16.6. The number of hydrogen-bond donors (Lipinski definition) is 0. The van der Waals surface area contributed by atoms with Gasteiger partial charge in [0.05, 0.1) is 5.69 Å². The highest BCUT2D eigenvalue weighted by Gasteiger charge is 2.34. The molecule has 0 atom stereocenters. The van der Waals surface area contributed by atoms with Crippen molar-refractivity contribution < 1.29 is 14.0 Å². The molecule has 0 spiro atoms. The van der Waals surface area contributed by atoms with Crippen LogP contribution >= 0.6 is 0 Å². The predicted octanol–water partition coefficient (Wildman–Crippen LogP) is 5.11. The fourth-order valence-corrected chi connectivity index (χ4v) is 4.07. The molecule has 2 heterocycles. The number of benzene rings is 4. The average Bonchev–Trinajstić information content (AvgIpc) is 3.49. The van der Waals surface area contributed by atoms with Crippen molar-refractivity contribution in [1.29, 1.82) is 0 Å². The van der Waals surface area contributed by atoms with Gasteiger partial charge in [0.1, 0.15) is 28.7 Å². The van der Waals surface area contributed by atoms with Crippen molar-refractivity contribution in [2.24, 2.45) is 7.05 Å². The first-order valence-corrected chi connectivity index (χ1v) is 11.0. The lowest BCUT2D eigenvalue weighted by Crippen LogP contribution is -2.38. The summed E-state index contributed by atoms with van der Waals surface area (Å²) < 4.78 is 19.9. The summed E-state index contributed by atoms with van der Waals surface area (Å²) in [6.45, 7) is 0. The summed E-state index contributed by atoms with van der Waals surface area (Å²) in [4.78, 5) is 0. The molecule has 0 saturated heterocycles. The summed E-state index contributed by atoms with van der Waals surface area (Å²) in [5.74, 6) is 2.88. The van der Waals surface area contributed by atoms with Gasteiger partial charge >= 0.3 is 7.12 Å². The second-order valence-corrected chi connectivity index (χ2v) is 7.99. The molecule has 34 heavy (non-hydrogen) atoms. The fraction of sp³-hybridized carbons (Fsp3) is 0.0370. The molecule has 0 amide bonds. The lowest BCUT2D eigenvalue weighted by molar-refractivity contribution is 0.482. The van der Waals surface area contributed by atoms with Gasteiger partial charge in [0.15, 0.2) is 0 Å². The van der Waals surface area contributed by atoms with Crippen LogP contribution in [0.15, 0.2) is 103 Å². The van der Waals surface area contributed by atoms with E-state index in [4.69, 9.17) is 14.0 Å². The second-order valence-electron chi connectivity index (χ2n) is 7.99. The zero-order chi connectivity index (χ0) is 22.9. The Morgan fingerprint density at radius 2 is 1.35 bits per heavy atom. The number of hydrogen-bond acceptors (Lipinski definition) is 5. The minimum absolute atomic E-state index is 0.500. The zero-order valence-corrected chi connectivity index (χ0v) is 18.5. The maximum Gasteiger partial charge on any atom is 0.632 e. The standard InChI is InChI=1S/C27H20BN3O3/c1-31-27(19-9-3-2-4-10-19)26(29-30-31)20-11-7-13-22(17-20)32-23-14-8-12-21(18-23)28-33-24-15-5-6-16-25(24)34-28/h2-18H,1H3. The van der Waals surface area contributed by atoms with Crippen LogP contribution in [0.1, 0.15) is 0 Å². The van der Waals surface area contributed by atoms with Gasteiger partial charge in [0, 0.05) is 23.6 Å². The number of aromatic nitrogens is 3. The van der Waals surface area contributed by atoms with Crippen molar-refractivity contribution in [3.8, 4) is 45.5 Å². The van der Waals surface area contributed by atoms with E-state index >= 15 is 0 Å². The van der Waals surface area contributed by atoms with Crippen molar-refractivity contribution >= 4 is 12.6 Å². The summed E-state index contributed by atoms with van der Waals surface area (Å²) in [5.41, 5.74) is 4.62. The van der Waals surface area contributed by atoms with Gasteiger partial charge in [-0.25, -0.2) is 4.68 Å². The number of fused-ring (bicyclic) bond motifs is 1. The highest BCUT2D eigenvalue weighted by Crippen LogP contribution is 2.34. The summed E-state index contributed by atoms with van der Waals surface area (Å²) in [7, 11) is 1.40. The molecular weight excluding hydrogens is 425 g/mol. The molecule has 0 saturated carbocycles. The van der Waals surface area contributed by atoms with Crippen LogP contribution in [0, 0.1) is 0 Å². The fourth-order valence-electron chi connectivity index (χ4n) is 4.07. The molecule has 164 valence electrons. The molecule has 1 aliphatic rings. The van der Waals surface area contributed by atoms with Crippen LogP contribution in [0.3, 0.4) is 0 Å². The van der Waals surface area contributed by atoms with Gasteiger partial charge in [-0.2, -0.15) is 0 Å². The first kappa shape index (κ1) is 20.1. The second kappa shape index (κ2) is 8.44. The molecule has 0 radical (unpaired) electrons. The molecule has 1 aliphatic heterocycles. The quantitative estimate of drug-likeness (QED) is 0.352. The normalized spacial score (nSPS) is 12.1. The van der Waals surface area contributed by atoms with Crippen LogP contribution < -0.4 is 19.5 Å². The Morgan fingerprint density at radius 3 is 2.12 bits per heavy atom. The van der Waals surface area contributed by atoms with Crippen molar-refractivity contribution in [3.63, 3.8) is 0 Å². The summed E-state index contributed by atoms with van der Waals surface area (Å²) in [6.07, 6.45) is 0. The van der Waals surface area contributed by atoms with Crippen molar-refractivity contribution in [1.82, 2.24) is 15.0 Å². The molecule has 1 aromatic heterocycles. The van der Waals surface area contributed by atoms with E-state index in [1.807, 2.05) is 98.0 Å². The van der Waals surface area contributed by atoms with Crippen LogP contribution in [0.5, 0.6) is 23.0 Å². The smallest absolute Gasteiger partial charge is 0.519 e. The number of para-hydroxylation sites is 2. The van der Waals surface area contributed by atoms with E-state index in [-0.39, 0.29) is 0 Å². The summed E-state index contributed by atoms with van der Waals surface area (Å²) in [6, 6.07) is 33.4. The van der Waals surface area contributed by atoms with Gasteiger partial charge in [0.25, 0.3) is 0 Å². The summed E-state index contributed by atoms with van der Waals surface area (Å²) >= 11 is 0. The molecule has 0 unspecified atom stereocenters. The van der Waals surface area contributed by atoms with Gasteiger partial charge in [-0.05, 0) is 36.4 Å². The molecule has 7 heteroatoms. The first-order valence-electron chi connectivity index (χ1n) is 11.0. The topological polar surface area (TPSA) is 58.4 Å². The minimum Gasteiger partial charge on any atom is -0.519 e. The van der Waals surface area contributed by atoms with Crippen molar-refractivity contribution in [3.05, 3.63) is 103 Å². The zero-order valence-electron chi connectivity index (χ0n) is 18.5. The monoisotopic (exact) mass is 445 g/mol. The Bertz CT molecular complexity index is 1440. The number of rotatable bonds is 5. The lowest BCUT2D eigenvalue weighted by atomic mass is 9.79. The lowest BCUT2D eigenvalue weighted by Gasteiger charge is -2.10. The predicted molar refractivity (Wildman–Crippen MR) is 131 cm³/mol. The molecule has 5 aromatic rings. The third-order valence-electron chi connectivity index (χ3n) is 5.66. The van der Waals surface area contributed by atoms with Crippen molar-refractivity contribution in [2.75, 3.05) is 0 Å². The van der Waals surface area contributed by atoms with Crippen LogP contribution in [-0.2, 0) is 7.05 Å². The maximum absolute atomic E-state index is 6.20. The number of ether oxygens (including phenoxy) is 1. The molecule has 0 aliphatic carbocycles. The van der Waals surface area contributed by atoms with E-state index in [2.05, 4.69) is 22.4 Å². The first-order chi connectivity index (χ1) is 16.7. The van der Waals surface area contributed by atoms with E-state index in [1.165, 1.54) is 0 Å². The van der Waals surface area contributed by atoms with Crippen molar-refractivity contribution in [2.45, 2.75) is 0 Å². The van der Waals surface area contributed by atoms with Crippen LogP contribution in [0.2, 0.25) is 0 Å². The van der Waals surface area contributed by atoms with E-state index in [1.54, 1.807) is 4.68 Å². The Kier molecular flexibility index (Phi) is 5.00. The maximum atomic E-state index is 6.20. The molecule has 0 bridgehead atoms. The Morgan fingerprint density at radius 1 is 0.706 bits per heavy atom. The third kappa shape index (κ3) is 3.77. The molecule has 4 aromatic carbocycles. The van der Waals surface area contributed by atoms with Crippen LogP contribution in [0.25, 0.3) is 22.5 Å². The Balaban J connectivity index is 1.26. The van der Waals surface area contributed by atoms with Gasteiger partial charge in [-0.15, -0.1) is 5.10 Å². The van der Waals surface area contributed by atoms with E-state index < -0.39 is 7.12 Å². The number of aryl methyl sites for hydroxylation is 1. The highest BCUT2D eigenvalue weighted by molar-refractivity contribution is 6.63. The van der Waals surface area contributed by atoms with Gasteiger partial charge in [-0.3, -0.25) is 0 Å². The Labute approximate surface area is 197 Å². The van der Waals surface area contributed by atoms with Gasteiger partial charge in [0.2, 0.25) is 0 Å². The molecule has 0 N–H and O–H groups in total. The van der Waals surface area contributed by atoms with E-state index in [0.717, 1.165) is 39.5 Å². The van der Waals surface area contributed by atoms with E-state index in [0.29, 0.717) is 11.5 Å². The molecular formula is C27H20BN3O3. The average molecular weight is 445 g/mol. The van der Waals surface area contributed by atoms with Crippen LogP contribution in [0.4, 0.5) is 0 Å². The minimum atomic E-state index is -0.500. The Hall–Kier alpha value is -4.52. The molecule has 0 fully saturated rings. The van der Waals surface area contributed by atoms with Gasteiger partial charge in [-0.1, -0.05) is 71.9 Å². The van der Waals surface area contributed by atoms with Gasteiger partial charge < -0.3 is 14.0 Å². The number of nitrogens with zero attached hydrogens (tertiary/aromatic N) is 3. The molecule has 6 rings (SSSR count). The van der Waals surface area contributed by atoms with Crippen LogP contribution in [-0.4, -0.2) is 22.1 Å². The third-order valence-corrected chi connectivity index (χ3v) is 5.66. The van der Waals surface area contributed by atoms with E-state index in [9.17, 15) is 0 Å². The SMILES string of the molecule is Cn1nnc(-c2cccc(Oc3cccc(B4Oc5ccccc5O4)c3)c2)c1-c1ccccc1. The summed E-state index contributed by atoms with van der Waals surface area (Å²) in [5, 5.41) is 8.67.